The molecule has 1 aromatic rings. The zero-order valence-corrected chi connectivity index (χ0v) is 14.2. The minimum Gasteiger partial charge on any atom is -0.372 e. The molecule has 0 unspecified atom stereocenters. The van der Waals surface area contributed by atoms with Crippen molar-refractivity contribution in [1.29, 1.82) is 0 Å². The molecule has 2 rings (SSSR count). The molecular formula is C16H28Cl2N2. The Kier molecular flexibility index (Phi) is 10.1. The second-order valence-electron chi connectivity index (χ2n) is 5.24. The topological polar surface area (TPSA) is 15.3 Å². The van der Waals surface area contributed by atoms with Gasteiger partial charge in [-0.25, -0.2) is 0 Å². The predicted molar refractivity (Wildman–Crippen MR) is 93.8 cm³/mol. The summed E-state index contributed by atoms with van der Waals surface area (Å²) in [5, 5.41) is 3.43. The number of halogens is 2. The Morgan fingerprint density at radius 2 is 1.55 bits per heavy atom. The lowest BCUT2D eigenvalue weighted by molar-refractivity contribution is 0.372. The third kappa shape index (κ3) is 5.51. The van der Waals surface area contributed by atoms with Gasteiger partial charge in [-0.3, -0.25) is 0 Å². The van der Waals surface area contributed by atoms with Crippen LogP contribution in [0.2, 0.25) is 0 Å². The molecule has 4 heteroatoms. The van der Waals surface area contributed by atoms with Crippen molar-refractivity contribution >= 4 is 30.5 Å². The molecule has 0 saturated carbocycles. The molecule has 0 aromatic heterocycles. The number of benzene rings is 1. The van der Waals surface area contributed by atoms with E-state index in [2.05, 4.69) is 48.3 Å². The van der Waals surface area contributed by atoms with E-state index in [0.717, 1.165) is 19.0 Å². The van der Waals surface area contributed by atoms with Crippen LogP contribution < -0.4 is 10.2 Å². The average molecular weight is 319 g/mol. The van der Waals surface area contributed by atoms with Gasteiger partial charge in [-0.05, 0) is 69.8 Å². The van der Waals surface area contributed by atoms with E-state index in [1.807, 2.05) is 0 Å². The maximum absolute atomic E-state index is 3.43. The van der Waals surface area contributed by atoms with Crippen molar-refractivity contribution in [1.82, 2.24) is 5.32 Å². The van der Waals surface area contributed by atoms with Gasteiger partial charge in [0.15, 0.2) is 0 Å². The van der Waals surface area contributed by atoms with Crippen molar-refractivity contribution in [2.45, 2.75) is 33.1 Å². The number of hydrogen-bond acceptors (Lipinski definition) is 2. The molecule has 0 radical (unpaired) electrons. The van der Waals surface area contributed by atoms with Crippen LogP contribution in [0, 0.1) is 5.92 Å². The molecular weight excluding hydrogens is 291 g/mol. The van der Waals surface area contributed by atoms with Gasteiger partial charge in [-0.15, -0.1) is 24.8 Å². The van der Waals surface area contributed by atoms with E-state index in [1.165, 1.54) is 43.6 Å². The molecule has 0 amide bonds. The average Bonchev–Trinajstić information content (AvgIpc) is 2.43. The predicted octanol–water partition coefficient (Wildman–Crippen LogP) is 3.92. The molecule has 1 aromatic carbocycles. The molecule has 1 heterocycles. The lowest BCUT2D eigenvalue weighted by Gasteiger charge is -2.24. The number of hydrogen-bond donors (Lipinski definition) is 1. The van der Waals surface area contributed by atoms with Crippen LogP contribution >= 0.6 is 24.8 Å². The fourth-order valence-electron chi connectivity index (χ4n) is 2.85. The molecule has 116 valence electrons. The quantitative estimate of drug-likeness (QED) is 0.885. The van der Waals surface area contributed by atoms with E-state index < -0.39 is 0 Å². The van der Waals surface area contributed by atoms with E-state index in [9.17, 15) is 0 Å². The number of nitrogens with one attached hydrogen (secondary N) is 1. The number of anilines is 1. The van der Waals surface area contributed by atoms with E-state index >= 15 is 0 Å². The second kappa shape index (κ2) is 10.3. The number of nitrogens with zero attached hydrogens (tertiary/aromatic N) is 1. The van der Waals surface area contributed by atoms with E-state index in [4.69, 9.17) is 0 Å². The monoisotopic (exact) mass is 318 g/mol. The Labute approximate surface area is 136 Å². The van der Waals surface area contributed by atoms with Gasteiger partial charge >= 0.3 is 0 Å². The van der Waals surface area contributed by atoms with Gasteiger partial charge in [0.05, 0.1) is 0 Å². The Morgan fingerprint density at radius 3 is 2.05 bits per heavy atom. The lowest BCUT2D eigenvalue weighted by atomic mass is 9.91. The smallest absolute Gasteiger partial charge is 0.0366 e. The summed E-state index contributed by atoms with van der Waals surface area (Å²) in [6.07, 6.45) is 3.91. The summed E-state index contributed by atoms with van der Waals surface area (Å²) >= 11 is 0. The van der Waals surface area contributed by atoms with Crippen LogP contribution in [0.4, 0.5) is 5.69 Å². The van der Waals surface area contributed by atoms with Crippen LogP contribution in [0.5, 0.6) is 0 Å². The molecule has 1 saturated heterocycles. The van der Waals surface area contributed by atoms with Gasteiger partial charge in [-0.1, -0.05) is 12.1 Å². The van der Waals surface area contributed by atoms with Crippen LogP contribution in [0.25, 0.3) is 0 Å². The zero-order chi connectivity index (χ0) is 12.8. The van der Waals surface area contributed by atoms with Crippen LogP contribution in [-0.4, -0.2) is 26.2 Å². The SMILES string of the molecule is CCN(CC)c1ccc(CC2CCNCC2)cc1.Cl.Cl. The highest BCUT2D eigenvalue weighted by atomic mass is 35.5. The summed E-state index contributed by atoms with van der Waals surface area (Å²) in [5.74, 6) is 0.880. The first-order valence-corrected chi connectivity index (χ1v) is 7.38. The molecule has 0 spiro atoms. The van der Waals surface area contributed by atoms with Crippen molar-refractivity contribution < 1.29 is 0 Å². The van der Waals surface area contributed by atoms with Crippen molar-refractivity contribution in [3.63, 3.8) is 0 Å². The Hall–Kier alpha value is -0.440. The summed E-state index contributed by atoms with van der Waals surface area (Å²) in [6.45, 7) is 9.00. The van der Waals surface area contributed by atoms with Crippen LogP contribution in [0.15, 0.2) is 24.3 Å². The summed E-state index contributed by atoms with van der Waals surface area (Å²) in [4.78, 5) is 2.40. The maximum Gasteiger partial charge on any atom is 0.0366 e. The minimum absolute atomic E-state index is 0. The second-order valence-corrected chi connectivity index (χ2v) is 5.24. The fraction of sp³-hybridized carbons (Fsp3) is 0.625. The van der Waals surface area contributed by atoms with Gasteiger partial charge in [0.25, 0.3) is 0 Å². The summed E-state index contributed by atoms with van der Waals surface area (Å²) in [7, 11) is 0. The summed E-state index contributed by atoms with van der Waals surface area (Å²) < 4.78 is 0. The largest absolute Gasteiger partial charge is 0.372 e. The molecule has 1 fully saturated rings. The summed E-state index contributed by atoms with van der Waals surface area (Å²) in [6, 6.07) is 9.19. The molecule has 1 aliphatic rings. The first-order chi connectivity index (χ1) is 8.83. The number of piperidine rings is 1. The van der Waals surface area contributed by atoms with Crippen molar-refractivity contribution in [2.75, 3.05) is 31.1 Å². The molecule has 20 heavy (non-hydrogen) atoms. The third-order valence-corrected chi connectivity index (χ3v) is 4.05. The van der Waals surface area contributed by atoms with Crippen molar-refractivity contribution in [3.05, 3.63) is 29.8 Å². The van der Waals surface area contributed by atoms with Crippen molar-refractivity contribution in [3.8, 4) is 0 Å². The fourth-order valence-corrected chi connectivity index (χ4v) is 2.85. The lowest BCUT2D eigenvalue weighted by Crippen LogP contribution is -2.28. The molecule has 1 N–H and O–H groups in total. The first kappa shape index (κ1) is 19.6. The van der Waals surface area contributed by atoms with Gasteiger partial charge in [0.2, 0.25) is 0 Å². The number of rotatable bonds is 5. The Balaban J connectivity index is 0.00000180. The Morgan fingerprint density at radius 1 is 1.00 bits per heavy atom. The highest BCUT2D eigenvalue weighted by Gasteiger charge is 2.13. The first-order valence-electron chi connectivity index (χ1n) is 7.38. The minimum atomic E-state index is 0. The highest BCUT2D eigenvalue weighted by Crippen LogP contribution is 2.20. The normalized spacial score (nSPS) is 15.1. The molecule has 0 aliphatic carbocycles. The van der Waals surface area contributed by atoms with E-state index in [0.29, 0.717) is 0 Å². The van der Waals surface area contributed by atoms with Gasteiger partial charge in [0.1, 0.15) is 0 Å². The van der Waals surface area contributed by atoms with E-state index in [1.54, 1.807) is 0 Å². The molecule has 1 aliphatic heterocycles. The molecule has 0 atom stereocenters. The van der Waals surface area contributed by atoms with Gasteiger partial charge < -0.3 is 10.2 Å². The molecule has 2 nitrogen and oxygen atoms in total. The standard InChI is InChI=1S/C16H26N2.2ClH/c1-3-18(4-2)16-7-5-14(6-8-16)13-15-9-11-17-12-10-15;;/h5-8,15,17H,3-4,9-13H2,1-2H3;2*1H. The molecule has 0 bridgehead atoms. The van der Waals surface area contributed by atoms with Crippen molar-refractivity contribution in [2.24, 2.45) is 5.92 Å². The van der Waals surface area contributed by atoms with Gasteiger partial charge in [-0.2, -0.15) is 0 Å². The maximum atomic E-state index is 3.43. The Bertz CT molecular complexity index is 344. The van der Waals surface area contributed by atoms with Crippen LogP contribution in [0.3, 0.4) is 0 Å². The summed E-state index contributed by atoms with van der Waals surface area (Å²) in [5.41, 5.74) is 2.85. The van der Waals surface area contributed by atoms with Crippen LogP contribution in [-0.2, 0) is 6.42 Å². The van der Waals surface area contributed by atoms with Crippen LogP contribution in [0.1, 0.15) is 32.3 Å². The highest BCUT2D eigenvalue weighted by molar-refractivity contribution is 5.85. The van der Waals surface area contributed by atoms with Gasteiger partial charge in [0, 0.05) is 18.8 Å². The third-order valence-electron chi connectivity index (χ3n) is 4.05. The zero-order valence-electron chi connectivity index (χ0n) is 12.6. The van der Waals surface area contributed by atoms with E-state index in [-0.39, 0.29) is 24.8 Å².